The second kappa shape index (κ2) is 8.38. The van der Waals surface area contributed by atoms with Gasteiger partial charge in [0.15, 0.2) is 0 Å². The van der Waals surface area contributed by atoms with Crippen molar-refractivity contribution in [2.24, 2.45) is 0 Å². The zero-order valence-electron chi connectivity index (χ0n) is 14.8. The van der Waals surface area contributed by atoms with E-state index in [1.165, 1.54) is 12.8 Å². The number of hydrogen-bond donors (Lipinski definition) is 2. The van der Waals surface area contributed by atoms with Gasteiger partial charge >= 0.3 is 11.8 Å². The number of hydrogen-bond acceptors (Lipinski definition) is 4. The number of ether oxygens (including phenoxy) is 1. The predicted molar refractivity (Wildman–Crippen MR) is 103 cm³/mol. The van der Waals surface area contributed by atoms with Gasteiger partial charge in [-0.05, 0) is 56.2 Å². The van der Waals surface area contributed by atoms with Crippen LogP contribution in [-0.4, -0.2) is 31.5 Å². The molecule has 1 fully saturated rings. The van der Waals surface area contributed by atoms with Crippen LogP contribution in [0.15, 0.2) is 48.5 Å². The number of carbonyl (C=O) groups is 2. The van der Waals surface area contributed by atoms with Gasteiger partial charge in [0.25, 0.3) is 0 Å². The summed E-state index contributed by atoms with van der Waals surface area (Å²) in [7, 11) is 0. The zero-order valence-corrected chi connectivity index (χ0v) is 14.8. The third kappa shape index (κ3) is 4.33. The van der Waals surface area contributed by atoms with Crippen molar-refractivity contribution in [1.82, 2.24) is 0 Å². The van der Waals surface area contributed by atoms with E-state index in [1.807, 2.05) is 37.3 Å². The summed E-state index contributed by atoms with van der Waals surface area (Å²) in [5.41, 5.74) is 2.20. The molecule has 0 spiro atoms. The fourth-order valence-corrected chi connectivity index (χ4v) is 2.95. The van der Waals surface area contributed by atoms with Crippen LogP contribution in [0.4, 0.5) is 17.1 Å². The fourth-order valence-electron chi connectivity index (χ4n) is 2.95. The van der Waals surface area contributed by atoms with Crippen LogP contribution in [0.5, 0.6) is 5.75 Å². The van der Waals surface area contributed by atoms with Gasteiger partial charge < -0.3 is 20.3 Å². The van der Waals surface area contributed by atoms with Crippen LogP contribution in [0, 0.1) is 0 Å². The van der Waals surface area contributed by atoms with Crippen molar-refractivity contribution in [3.63, 3.8) is 0 Å². The molecule has 6 heteroatoms. The molecule has 0 saturated carbocycles. The second-order valence-electron chi connectivity index (χ2n) is 6.08. The van der Waals surface area contributed by atoms with E-state index in [-0.39, 0.29) is 0 Å². The maximum Gasteiger partial charge on any atom is 0.314 e. The van der Waals surface area contributed by atoms with Crippen LogP contribution in [0.3, 0.4) is 0 Å². The highest BCUT2D eigenvalue weighted by Gasteiger charge is 2.17. The van der Waals surface area contributed by atoms with Gasteiger partial charge in [0.05, 0.1) is 12.3 Å². The van der Waals surface area contributed by atoms with Crippen molar-refractivity contribution < 1.29 is 14.3 Å². The Morgan fingerprint density at radius 3 is 2.31 bits per heavy atom. The maximum atomic E-state index is 12.2. The molecule has 2 aromatic carbocycles. The Morgan fingerprint density at radius 2 is 1.62 bits per heavy atom. The first kappa shape index (κ1) is 17.8. The van der Waals surface area contributed by atoms with Crippen molar-refractivity contribution in [3.8, 4) is 5.75 Å². The van der Waals surface area contributed by atoms with E-state index in [2.05, 4.69) is 15.5 Å². The normalized spacial score (nSPS) is 13.3. The lowest BCUT2D eigenvalue weighted by atomic mass is 10.2. The van der Waals surface area contributed by atoms with Crippen LogP contribution < -0.4 is 20.3 Å². The molecule has 6 nitrogen and oxygen atoms in total. The molecule has 2 amide bonds. The molecule has 0 unspecified atom stereocenters. The van der Waals surface area contributed by atoms with Crippen LogP contribution >= 0.6 is 0 Å². The fraction of sp³-hybridized carbons (Fsp3) is 0.300. The predicted octanol–water partition coefficient (Wildman–Crippen LogP) is 3.26. The summed E-state index contributed by atoms with van der Waals surface area (Å²) in [6, 6.07) is 14.6. The highest BCUT2D eigenvalue weighted by molar-refractivity contribution is 6.43. The monoisotopic (exact) mass is 353 g/mol. The van der Waals surface area contributed by atoms with Gasteiger partial charge in [-0.3, -0.25) is 9.59 Å². The summed E-state index contributed by atoms with van der Waals surface area (Å²) in [5.74, 6) is -0.919. The van der Waals surface area contributed by atoms with Crippen LogP contribution in [0.25, 0.3) is 0 Å². The lowest BCUT2D eigenvalue weighted by molar-refractivity contribution is -0.133. The molecule has 0 atom stereocenters. The summed E-state index contributed by atoms with van der Waals surface area (Å²) in [6.45, 7) is 4.46. The first-order valence-corrected chi connectivity index (χ1v) is 8.86. The third-order valence-corrected chi connectivity index (χ3v) is 4.24. The second-order valence-corrected chi connectivity index (χ2v) is 6.08. The SMILES string of the molecule is CCOc1ccccc1NC(=O)C(=O)Nc1ccc(N2CCCC2)cc1. The number of para-hydroxylation sites is 2. The average Bonchev–Trinajstić information content (AvgIpc) is 3.19. The summed E-state index contributed by atoms with van der Waals surface area (Å²) in [6.07, 6.45) is 2.42. The number of anilines is 3. The molecule has 0 bridgehead atoms. The van der Waals surface area contributed by atoms with Crippen LogP contribution in [0.1, 0.15) is 19.8 Å². The van der Waals surface area contributed by atoms with Gasteiger partial charge in [0.2, 0.25) is 0 Å². The first-order chi connectivity index (χ1) is 12.7. The molecule has 2 aromatic rings. The van der Waals surface area contributed by atoms with Gasteiger partial charge in [0.1, 0.15) is 5.75 Å². The van der Waals surface area contributed by atoms with Crippen molar-refractivity contribution >= 4 is 28.9 Å². The number of carbonyl (C=O) groups excluding carboxylic acids is 2. The Kier molecular flexibility index (Phi) is 5.73. The first-order valence-electron chi connectivity index (χ1n) is 8.86. The van der Waals surface area contributed by atoms with E-state index in [9.17, 15) is 9.59 Å². The molecule has 0 aromatic heterocycles. The molecule has 1 aliphatic heterocycles. The van der Waals surface area contributed by atoms with E-state index in [0.717, 1.165) is 18.8 Å². The number of benzene rings is 2. The Hall–Kier alpha value is -3.02. The number of nitrogens with one attached hydrogen (secondary N) is 2. The summed E-state index contributed by atoms with van der Waals surface area (Å²) < 4.78 is 5.45. The van der Waals surface area contributed by atoms with Crippen LogP contribution in [-0.2, 0) is 9.59 Å². The van der Waals surface area contributed by atoms with Gasteiger partial charge in [-0.1, -0.05) is 12.1 Å². The molecule has 0 radical (unpaired) electrons. The smallest absolute Gasteiger partial charge is 0.314 e. The molecule has 26 heavy (non-hydrogen) atoms. The minimum absolute atomic E-state index is 0.471. The van der Waals surface area contributed by atoms with E-state index in [4.69, 9.17) is 4.74 Å². The van der Waals surface area contributed by atoms with E-state index in [0.29, 0.717) is 23.7 Å². The minimum Gasteiger partial charge on any atom is -0.492 e. The van der Waals surface area contributed by atoms with Crippen molar-refractivity contribution in [3.05, 3.63) is 48.5 Å². The lowest BCUT2D eigenvalue weighted by Gasteiger charge is -2.17. The highest BCUT2D eigenvalue weighted by atomic mass is 16.5. The lowest BCUT2D eigenvalue weighted by Crippen LogP contribution is -2.29. The Bertz CT molecular complexity index is 768. The van der Waals surface area contributed by atoms with Gasteiger partial charge in [-0.25, -0.2) is 0 Å². The average molecular weight is 353 g/mol. The molecule has 136 valence electrons. The molecule has 0 aliphatic carbocycles. The number of nitrogens with zero attached hydrogens (tertiary/aromatic N) is 1. The molecule has 1 aliphatic rings. The topological polar surface area (TPSA) is 70.7 Å². The van der Waals surface area contributed by atoms with Gasteiger partial charge in [-0.2, -0.15) is 0 Å². The molecule has 1 heterocycles. The summed E-state index contributed by atoms with van der Waals surface area (Å²) in [5, 5.41) is 5.21. The number of rotatable bonds is 5. The Labute approximate surface area is 153 Å². The zero-order chi connectivity index (χ0) is 18.4. The highest BCUT2D eigenvalue weighted by Crippen LogP contribution is 2.24. The van der Waals surface area contributed by atoms with E-state index in [1.54, 1.807) is 18.2 Å². The minimum atomic E-state index is -0.735. The largest absolute Gasteiger partial charge is 0.492 e. The summed E-state index contributed by atoms with van der Waals surface area (Å²) in [4.78, 5) is 26.6. The third-order valence-electron chi connectivity index (χ3n) is 4.24. The van der Waals surface area contributed by atoms with Crippen molar-refractivity contribution in [2.75, 3.05) is 35.2 Å². The molecular formula is C20H23N3O3. The number of amides is 2. The van der Waals surface area contributed by atoms with Crippen molar-refractivity contribution in [1.29, 1.82) is 0 Å². The van der Waals surface area contributed by atoms with E-state index >= 15 is 0 Å². The Morgan fingerprint density at radius 1 is 0.962 bits per heavy atom. The standard InChI is InChI=1S/C20H23N3O3/c1-2-26-18-8-4-3-7-17(18)22-20(25)19(24)21-15-9-11-16(12-10-15)23-13-5-6-14-23/h3-4,7-12H,2,5-6,13-14H2,1H3,(H,21,24)(H,22,25). The molecule has 2 N–H and O–H groups in total. The molecular weight excluding hydrogens is 330 g/mol. The summed E-state index contributed by atoms with van der Waals surface area (Å²) >= 11 is 0. The van der Waals surface area contributed by atoms with Crippen molar-refractivity contribution in [2.45, 2.75) is 19.8 Å². The van der Waals surface area contributed by atoms with Gasteiger partial charge in [-0.15, -0.1) is 0 Å². The van der Waals surface area contributed by atoms with Crippen LogP contribution in [0.2, 0.25) is 0 Å². The quantitative estimate of drug-likeness (QED) is 0.810. The maximum absolute atomic E-state index is 12.2. The molecule has 1 saturated heterocycles. The Balaban J connectivity index is 1.60. The van der Waals surface area contributed by atoms with E-state index < -0.39 is 11.8 Å². The van der Waals surface area contributed by atoms with Gasteiger partial charge in [0, 0.05) is 24.5 Å². The molecule has 3 rings (SSSR count).